The Kier molecular flexibility index (Phi) is 14.7. The first-order valence-electron chi connectivity index (χ1n) is 14.8. The Labute approximate surface area is 262 Å². The maximum absolute atomic E-state index is 13.8. The predicted molar refractivity (Wildman–Crippen MR) is 170 cm³/mol. The third-order valence-corrected chi connectivity index (χ3v) is 8.53. The standard InChI is InChI=1S/C32H50N4O7S/c1-24(2)22-35(44(40,41)27-15-13-26(43-7)14-16-27)23-29(37)28(19-25-11-9-8-10-12-25)36(31(39)20-32(3,4)5)34-30(38)21-33-17-18-42-6/h8-16,24,28-29,33,37H,17-23H2,1-7H3,(H,34,38)/t28?,29-/m1/s1. The number of methoxy groups -OCH3 is 2. The number of aliphatic hydroxyl groups is 1. The van der Waals surface area contributed by atoms with Crippen LogP contribution in [0.4, 0.5) is 0 Å². The lowest BCUT2D eigenvalue weighted by Crippen LogP contribution is -2.60. The van der Waals surface area contributed by atoms with Gasteiger partial charge in [0.05, 0.1) is 37.3 Å². The van der Waals surface area contributed by atoms with Crippen LogP contribution in [0.25, 0.3) is 0 Å². The van der Waals surface area contributed by atoms with Gasteiger partial charge in [-0.1, -0.05) is 65.0 Å². The van der Waals surface area contributed by atoms with Gasteiger partial charge in [-0.2, -0.15) is 4.31 Å². The number of ether oxygens (including phenoxy) is 2. The number of rotatable bonds is 17. The molecule has 2 amide bonds. The highest BCUT2D eigenvalue weighted by atomic mass is 32.2. The Morgan fingerprint density at radius 1 is 0.977 bits per heavy atom. The minimum absolute atomic E-state index is 0.0562. The molecule has 12 heteroatoms. The summed E-state index contributed by atoms with van der Waals surface area (Å²) in [6, 6.07) is 14.4. The summed E-state index contributed by atoms with van der Waals surface area (Å²) >= 11 is 0. The van der Waals surface area contributed by atoms with Crippen LogP contribution in [0.2, 0.25) is 0 Å². The summed E-state index contributed by atoms with van der Waals surface area (Å²) in [4.78, 5) is 26.8. The van der Waals surface area contributed by atoms with E-state index in [0.29, 0.717) is 18.9 Å². The topological polar surface area (TPSA) is 138 Å². The molecule has 0 saturated heterocycles. The number of amides is 2. The SMILES string of the molecule is COCCNCC(=O)NN(C(=O)CC(C)(C)C)C(Cc1ccccc1)[C@H](O)CN(CC(C)C)S(=O)(=O)c1ccc(OC)cc1. The number of sulfonamides is 1. The van der Waals surface area contributed by atoms with Crippen LogP contribution in [-0.2, 0) is 30.8 Å². The van der Waals surface area contributed by atoms with Crippen LogP contribution in [0, 0.1) is 11.3 Å². The van der Waals surface area contributed by atoms with Crippen molar-refractivity contribution in [2.75, 3.05) is 47.0 Å². The van der Waals surface area contributed by atoms with Crippen LogP contribution in [0.15, 0.2) is 59.5 Å². The van der Waals surface area contributed by atoms with E-state index < -0.39 is 39.4 Å². The molecule has 44 heavy (non-hydrogen) atoms. The van der Waals surface area contributed by atoms with E-state index in [0.717, 1.165) is 5.56 Å². The second-order valence-electron chi connectivity index (χ2n) is 12.4. The summed E-state index contributed by atoms with van der Waals surface area (Å²) in [5, 5.41) is 16.0. The average molecular weight is 635 g/mol. The number of carbonyl (C=O) groups excluding carboxylic acids is 2. The summed E-state index contributed by atoms with van der Waals surface area (Å²) in [6.45, 7) is 10.1. The molecule has 0 aliphatic rings. The molecule has 11 nitrogen and oxygen atoms in total. The molecule has 0 fully saturated rings. The van der Waals surface area contributed by atoms with E-state index in [2.05, 4.69) is 10.7 Å². The van der Waals surface area contributed by atoms with Gasteiger partial charge in [0.15, 0.2) is 0 Å². The molecular formula is C32H50N4O7S. The molecule has 0 saturated carbocycles. The second kappa shape index (κ2) is 17.5. The first-order valence-corrected chi connectivity index (χ1v) is 16.3. The third-order valence-electron chi connectivity index (χ3n) is 6.68. The van der Waals surface area contributed by atoms with Crippen molar-refractivity contribution in [3.63, 3.8) is 0 Å². The molecule has 2 aromatic rings. The maximum atomic E-state index is 13.8. The van der Waals surface area contributed by atoms with Gasteiger partial charge in [-0.05, 0) is 47.6 Å². The molecule has 0 aliphatic carbocycles. The average Bonchev–Trinajstić information content (AvgIpc) is 2.96. The van der Waals surface area contributed by atoms with E-state index in [1.165, 1.54) is 28.6 Å². The van der Waals surface area contributed by atoms with Crippen molar-refractivity contribution in [3.8, 4) is 5.75 Å². The number of nitrogens with zero attached hydrogens (tertiary/aromatic N) is 2. The molecule has 0 aromatic heterocycles. The van der Waals surface area contributed by atoms with Crippen molar-refractivity contribution in [3.05, 3.63) is 60.2 Å². The monoisotopic (exact) mass is 634 g/mol. The quantitative estimate of drug-likeness (QED) is 0.179. The predicted octanol–water partition coefficient (Wildman–Crippen LogP) is 2.85. The van der Waals surface area contributed by atoms with E-state index >= 15 is 0 Å². The van der Waals surface area contributed by atoms with Crippen LogP contribution >= 0.6 is 0 Å². The maximum Gasteiger partial charge on any atom is 0.252 e. The number of aliphatic hydroxyl groups excluding tert-OH is 1. The molecular weight excluding hydrogens is 584 g/mol. The smallest absolute Gasteiger partial charge is 0.252 e. The summed E-state index contributed by atoms with van der Waals surface area (Å²) < 4.78 is 39.1. The summed E-state index contributed by atoms with van der Waals surface area (Å²) in [7, 11) is -0.977. The van der Waals surface area contributed by atoms with Gasteiger partial charge in [0.25, 0.3) is 5.91 Å². The highest BCUT2D eigenvalue weighted by Crippen LogP contribution is 2.25. The van der Waals surface area contributed by atoms with Crippen molar-refractivity contribution in [2.24, 2.45) is 11.3 Å². The van der Waals surface area contributed by atoms with Crippen molar-refractivity contribution in [1.82, 2.24) is 20.1 Å². The van der Waals surface area contributed by atoms with Gasteiger partial charge >= 0.3 is 0 Å². The summed E-state index contributed by atoms with van der Waals surface area (Å²) in [6.07, 6.45) is -1.09. The lowest BCUT2D eigenvalue weighted by atomic mass is 9.91. The molecule has 0 heterocycles. The zero-order valence-corrected chi connectivity index (χ0v) is 27.9. The summed E-state index contributed by atoms with van der Waals surface area (Å²) in [5.41, 5.74) is 3.11. The van der Waals surface area contributed by atoms with Gasteiger partial charge in [0.1, 0.15) is 5.75 Å². The fraction of sp³-hybridized carbons (Fsp3) is 0.562. The van der Waals surface area contributed by atoms with Gasteiger partial charge in [-0.3, -0.25) is 15.0 Å². The van der Waals surface area contributed by atoms with Crippen LogP contribution in [0.3, 0.4) is 0 Å². The van der Waals surface area contributed by atoms with E-state index in [-0.39, 0.29) is 43.3 Å². The van der Waals surface area contributed by atoms with Crippen LogP contribution in [0.5, 0.6) is 5.75 Å². The molecule has 1 unspecified atom stereocenters. The van der Waals surface area contributed by atoms with Crippen molar-refractivity contribution < 1.29 is 32.6 Å². The van der Waals surface area contributed by atoms with Gasteiger partial charge in [-0.15, -0.1) is 0 Å². The Hall–Kier alpha value is -3.03. The van der Waals surface area contributed by atoms with Gasteiger partial charge in [-0.25, -0.2) is 13.4 Å². The van der Waals surface area contributed by atoms with Gasteiger partial charge < -0.3 is 19.9 Å². The highest BCUT2D eigenvalue weighted by molar-refractivity contribution is 7.89. The largest absolute Gasteiger partial charge is 0.497 e. The normalized spacial score (nSPS) is 13.5. The minimum atomic E-state index is -4.03. The van der Waals surface area contributed by atoms with E-state index in [9.17, 15) is 23.1 Å². The second-order valence-corrected chi connectivity index (χ2v) is 14.4. The van der Waals surface area contributed by atoms with Gasteiger partial charge in [0, 0.05) is 33.2 Å². The zero-order valence-electron chi connectivity index (χ0n) is 27.1. The Morgan fingerprint density at radius 3 is 2.16 bits per heavy atom. The zero-order chi connectivity index (χ0) is 32.9. The van der Waals surface area contributed by atoms with E-state index in [1.54, 1.807) is 19.2 Å². The first kappa shape index (κ1) is 37.2. The molecule has 0 aliphatic heterocycles. The van der Waals surface area contributed by atoms with Crippen molar-refractivity contribution in [2.45, 2.75) is 64.5 Å². The molecule has 0 spiro atoms. The molecule has 0 radical (unpaired) electrons. The number of carbonyl (C=O) groups is 2. The number of hydrogen-bond donors (Lipinski definition) is 3. The molecule has 246 valence electrons. The van der Waals surface area contributed by atoms with Crippen molar-refractivity contribution >= 4 is 21.8 Å². The van der Waals surface area contributed by atoms with Crippen LogP contribution in [-0.4, -0.2) is 93.8 Å². The highest BCUT2D eigenvalue weighted by Gasteiger charge is 2.37. The molecule has 3 N–H and O–H groups in total. The summed E-state index contributed by atoms with van der Waals surface area (Å²) in [5.74, 6) is -0.406. The Morgan fingerprint density at radius 2 is 1.61 bits per heavy atom. The number of nitrogens with one attached hydrogen (secondary N) is 2. The number of benzene rings is 2. The van der Waals surface area contributed by atoms with E-state index in [4.69, 9.17) is 9.47 Å². The first-order chi connectivity index (χ1) is 20.7. The third kappa shape index (κ3) is 12.2. The number of hydrogen-bond acceptors (Lipinski definition) is 8. The number of hydrazine groups is 1. The molecule has 2 aromatic carbocycles. The Balaban J connectivity index is 2.50. The fourth-order valence-corrected chi connectivity index (χ4v) is 6.20. The minimum Gasteiger partial charge on any atom is -0.497 e. The molecule has 0 bridgehead atoms. The van der Waals surface area contributed by atoms with Crippen LogP contribution in [0.1, 0.15) is 46.6 Å². The molecule has 2 atom stereocenters. The molecule has 2 rings (SSSR count). The van der Waals surface area contributed by atoms with E-state index in [1.807, 2.05) is 65.0 Å². The Bertz CT molecular complexity index is 1270. The van der Waals surface area contributed by atoms with Gasteiger partial charge in [0.2, 0.25) is 15.9 Å². The van der Waals surface area contributed by atoms with Crippen molar-refractivity contribution in [1.29, 1.82) is 0 Å². The fourth-order valence-electron chi connectivity index (χ4n) is 4.58. The lowest BCUT2D eigenvalue weighted by molar-refractivity contribution is -0.149. The van der Waals surface area contributed by atoms with Crippen LogP contribution < -0.4 is 15.5 Å². The lowest BCUT2D eigenvalue weighted by Gasteiger charge is -2.38.